The first-order chi connectivity index (χ1) is 8.97. The minimum Gasteiger partial charge on any atom is -0.384 e. The van der Waals surface area contributed by atoms with E-state index in [0.717, 1.165) is 18.8 Å². The first kappa shape index (κ1) is 14.1. The van der Waals surface area contributed by atoms with E-state index in [9.17, 15) is 4.79 Å². The first-order valence-electron chi connectivity index (χ1n) is 6.67. The quantitative estimate of drug-likeness (QED) is 0.848. The fourth-order valence-corrected chi connectivity index (χ4v) is 2.86. The molecule has 0 spiro atoms. The van der Waals surface area contributed by atoms with Gasteiger partial charge in [-0.1, -0.05) is 18.5 Å². The highest BCUT2D eigenvalue weighted by Crippen LogP contribution is 2.27. The van der Waals surface area contributed by atoms with Crippen LogP contribution in [0.5, 0.6) is 0 Å². The maximum atomic E-state index is 12.4. The predicted octanol–water partition coefficient (Wildman–Crippen LogP) is 2.97. The summed E-state index contributed by atoms with van der Waals surface area (Å²) in [4.78, 5) is 18.1. The van der Waals surface area contributed by atoms with Gasteiger partial charge in [-0.2, -0.15) is 0 Å². The van der Waals surface area contributed by atoms with Gasteiger partial charge < -0.3 is 10.6 Å². The largest absolute Gasteiger partial charge is 0.384 e. The second kappa shape index (κ2) is 5.78. The number of nitrogens with two attached hydrogens (primary N) is 1. The van der Waals surface area contributed by atoms with Gasteiger partial charge in [0.25, 0.3) is 5.91 Å². The molecule has 1 aliphatic carbocycles. The lowest BCUT2D eigenvalue weighted by atomic mass is 9.86. The van der Waals surface area contributed by atoms with Crippen LogP contribution in [0.2, 0.25) is 5.15 Å². The molecule has 0 aliphatic heterocycles. The number of carbonyl (C=O) groups excluding carboxylic acids is 1. The number of carbonyl (C=O) groups is 1. The van der Waals surface area contributed by atoms with Gasteiger partial charge in [-0.05, 0) is 43.7 Å². The van der Waals surface area contributed by atoms with Gasteiger partial charge in [-0.15, -0.1) is 0 Å². The summed E-state index contributed by atoms with van der Waals surface area (Å²) in [7, 11) is 1.85. The van der Waals surface area contributed by atoms with Crippen molar-refractivity contribution in [3.05, 3.63) is 22.8 Å². The molecule has 1 saturated carbocycles. The summed E-state index contributed by atoms with van der Waals surface area (Å²) in [5.74, 6) is 1.02. The number of anilines is 1. The fourth-order valence-electron chi connectivity index (χ4n) is 2.64. The zero-order valence-corrected chi connectivity index (χ0v) is 12.2. The summed E-state index contributed by atoms with van der Waals surface area (Å²) < 4.78 is 0. The molecule has 1 aliphatic rings. The number of halogens is 1. The van der Waals surface area contributed by atoms with Crippen molar-refractivity contribution in [2.75, 3.05) is 12.8 Å². The molecule has 0 unspecified atom stereocenters. The van der Waals surface area contributed by atoms with Crippen LogP contribution in [0, 0.1) is 5.92 Å². The second-order valence-electron chi connectivity index (χ2n) is 5.43. The van der Waals surface area contributed by atoms with Crippen LogP contribution in [0.25, 0.3) is 0 Å². The van der Waals surface area contributed by atoms with Gasteiger partial charge >= 0.3 is 0 Å². The normalized spacial score (nSPS) is 23.1. The Labute approximate surface area is 118 Å². The third-order valence-corrected chi connectivity index (χ3v) is 4.11. The number of pyridine rings is 1. The molecular weight excluding hydrogens is 262 g/mol. The van der Waals surface area contributed by atoms with Crippen LogP contribution < -0.4 is 5.73 Å². The average Bonchev–Trinajstić information content (AvgIpc) is 2.37. The molecule has 2 rings (SSSR count). The minimum absolute atomic E-state index is 0.0319. The summed E-state index contributed by atoms with van der Waals surface area (Å²) in [5.41, 5.74) is 6.14. The molecular formula is C14H20ClN3O. The number of nitrogen functional groups attached to an aromatic ring is 1. The Balaban J connectivity index is 2.10. The van der Waals surface area contributed by atoms with Crippen LogP contribution >= 0.6 is 11.6 Å². The maximum absolute atomic E-state index is 12.4. The molecule has 1 amide bonds. The van der Waals surface area contributed by atoms with E-state index in [1.807, 2.05) is 11.9 Å². The summed E-state index contributed by atoms with van der Waals surface area (Å²) >= 11 is 5.84. The van der Waals surface area contributed by atoms with Gasteiger partial charge in [0.05, 0.1) is 0 Å². The van der Waals surface area contributed by atoms with Crippen LogP contribution in [0.4, 0.5) is 5.82 Å². The molecule has 4 nitrogen and oxygen atoms in total. The second-order valence-corrected chi connectivity index (χ2v) is 5.82. The Morgan fingerprint density at radius 3 is 2.58 bits per heavy atom. The Bertz CT molecular complexity index is 450. The molecule has 0 radical (unpaired) electrons. The molecule has 0 atom stereocenters. The number of rotatable bonds is 2. The van der Waals surface area contributed by atoms with Gasteiger partial charge in [-0.25, -0.2) is 4.98 Å². The molecule has 1 aromatic heterocycles. The van der Waals surface area contributed by atoms with Crippen molar-refractivity contribution in [3.8, 4) is 0 Å². The van der Waals surface area contributed by atoms with E-state index in [1.54, 1.807) is 12.1 Å². The van der Waals surface area contributed by atoms with Crippen molar-refractivity contribution in [1.82, 2.24) is 9.88 Å². The number of aromatic nitrogens is 1. The molecule has 104 valence electrons. The maximum Gasteiger partial charge on any atom is 0.254 e. The zero-order chi connectivity index (χ0) is 14.0. The standard InChI is InChI=1S/C14H20ClN3O/c1-9-3-5-11(6-4-9)18(2)14(19)10-7-12(15)17-13(16)8-10/h7-9,11H,3-6H2,1-2H3,(H2,16,17). The van der Waals surface area contributed by atoms with E-state index in [-0.39, 0.29) is 16.9 Å². The molecule has 2 N–H and O–H groups in total. The lowest BCUT2D eigenvalue weighted by Crippen LogP contribution is -2.39. The topological polar surface area (TPSA) is 59.2 Å². The molecule has 0 saturated heterocycles. The smallest absolute Gasteiger partial charge is 0.254 e. The Morgan fingerprint density at radius 2 is 2.00 bits per heavy atom. The highest BCUT2D eigenvalue weighted by molar-refractivity contribution is 6.29. The molecule has 1 fully saturated rings. The predicted molar refractivity (Wildman–Crippen MR) is 77.2 cm³/mol. The number of nitrogens with zero attached hydrogens (tertiary/aromatic N) is 2. The van der Waals surface area contributed by atoms with E-state index in [1.165, 1.54) is 12.8 Å². The summed E-state index contributed by atoms with van der Waals surface area (Å²) in [5, 5.41) is 0.258. The number of amides is 1. The van der Waals surface area contributed by atoms with Crippen LogP contribution in [-0.2, 0) is 0 Å². The first-order valence-corrected chi connectivity index (χ1v) is 7.05. The summed E-state index contributed by atoms with van der Waals surface area (Å²) in [6, 6.07) is 3.47. The van der Waals surface area contributed by atoms with E-state index in [4.69, 9.17) is 17.3 Å². The Kier molecular flexibility index (Phi) is 4.30. The zero-order valence-electron chi connectivity index (χ0n) is 11.4. The number of hydrogen-bond donors (Lipinski definition) is 1. The van der Waals surface area contributed by atoms with E-state index < -0.39 is 0 Å². The van der Waals surface area contributed by atoms with Crippen molar-refractivity contribution < 1.29 is 4.79 Å². The van der Waals surface area contributed by atoms with E-state index in [2.05, 4.69) is 11.9 Å². The molecule has 0 bridgehead atoms. The van der Waals surface area contributed by atoms with Gasteiger partial charge in [0.2, 0.25) is 0 Å². The van der Waals surface area contributed by atoms with Crippen LogP contribution in [0.15, 0.2) is 12.1 Å². The minimum atomic E-state index is -0.0319. The fraction of sp³-hybridized carbons (Fsp3) is 0.571. The van der Waals surface area contributed by atoms with E-state index in [0.29, 0.717) is 11.6 Å². The molecule has 19 heavy (non-hydrogen) atoms. The third-order valence-electron chi connectivity index (χ3n) is 3.91. The van der Waals surface area contributed by atoms with Crippen LogP contribution in [0.1, 0.15) is 43.0 Å². The lowest BCUT2D eigenvalue weighted by Gasteiger charge is -2.33. The van der Waals surface area contributed by atoms with Crippen molar-refractivity contribution in [2.45, 2.75) is 38.6 Å². The third kappa shape index (κ3) is 3.38. The Hall–Kier alpha value is -1.29. The lowest BCUT2D eigenvalue weighted by molar-refractivity contribution is 0.0679. The van der Waals surface area contributed by atoms with Crippen LogP contribution in [-0.4, -0.2) is 28.9 Å². The van der Waals surface area contributed by atoms with Gasteiger partial charge in [0.1, 0.15) is 11.0 Å². The van der Waals surface area contributed by atoms with Crippen LogP contribution in [0.3, 0.4) is 0 Å². The van der Waals surface area contributed by atoms with Crippen molar-refractivity contribution in [2.24, 2.45) is 5.92 Å². The SMILES string of the molecule is CC1CCC(N(C)C(=O)c2cc(N)nc(Cl)c2)CC1. The monoisotopic (exact) mass is 281 g/mol. The van der Waals surface area contributed by atoms with Gasteiger partial charge in [-0.3, -0.25) is 4.79 Å². The Morgan fingerprint density at radius 1 is 1.37 bits per heavy atom. The number of hydrogen-bond acceptors (Lipinski definition) is 3. The molecule has 1 aromatic rings. The molecule has 1 heterocycles. The molecule has 0 aromatic carbocycles. The average molecular weight is 282 g/mol. The van der Waals surface area contributed by atoms with Crippen molar-refractivity contribution in [3.63, 3.8) is 0 Å². The van der Waals surface area contributed by atoms with Gasteiger partial charge in [0, 0.05) is 18.7 Å². The molecule has 5 heteroatoms. The van der Waals surface area contributed by atoms with E-state index >= 15 is 0 Å². The van der Waals surface area contributed by atoms with Crippen molar-refractivity contribution >= 4 is 23.3 Å². The summed E-state index contributed by atoms with van der Waals surface area (Å²) in [6.07, 6.45) is 4.50. The van der Waals surface area contributed by atoms with Crippen molar-refractivity contribution in [1.29, 1.82) is 0 Å². The highest BCUT2D eigenvalue weighted by Gasteiger charge is 2.25. The highest BCUT2D eigenvalue weighted by atomic mass is 35.5. The van der Waals surface area contributed by atoms with Gasteiger partial charge in [0.15, 0.2) is 0 Å². The summed E-state index contributed by atoms with van der Waals surface area (Å²) in [6.45, 7) is 2.27.